The van der Waals surface area contributed by atoms with Crippen molar-refractivity contribution in [3.63, 3.8) is 0 Å². The Bertz CT molecular complexity index is 543. The molecular weight excluding hydrogens is 358 g/mol. The van der Waals surface area contributed by atoms with Crippen LogP contribution in [0.1, 0.15) is 0 Å². The van der Waals surface area contributed by atoms with Crippen LogP contribution in [0.3, 0.4) is 0 Å². The highest BCUT2D eigenvalue weighted by atomic mass is 32.3. The van der Waals surface area contributed by atoms with Crippen molar-refractivity contribution in [1.29, 1.82) is 0 Å². The van der Waals surface area contributed by atoms with Crippen LogP contribution < -0.4 is 5.48 Å². The predicted octanol–water partition coefficient (Wildman–Crippen LogP) is -4.29. The molecule has 0 spiro atoms. The Morgan fingerprint density at radius 1 is 1.00 bits per heavy atom. The first-order valence-electron chi connectivity index (χ1n) is 5.07. The molecule has 0 aliphatic carbocycles. The minimum absolute atomic E-state index is 0.124. The normalized spacial score (nSPS) is 18.4. The van der Waals surface area contributed by atoms with Crippen LogP contribution in [0.2, 0.25) is 0 Å². The minimum atomic E-state index is -5.00. The Labute approximate surface area is 124 Å². The average molecular weight is 371 g/mol. The highest BCUT2D eigenvalue weighted by Gasteiger charge is 2.33. The highest BCUT2D eigenvalue weighted by molar-refractivity contribution is 7.81. The lowest BCUT2D eigenvalue weighted by atomic mass is 10.0. The zero-order valence-electron chi connectivity index (χ0n) is 10.4. The number of hydrogen-bond donors (Lipinski definition) is 6. The molecule has 0 fully saturated rings. The van der Waals surface area contributed by atoms with Gasteiger partial charge in [0.2, 0.25) is 0 Å². The van der Waals surface area contributed by atoms with Crippen LogP contribution in [0.4, 0.5) is 0 Å². The fourth-order valence-electron chi connectivity index (χ4n) is 0.991. The van der Waals surface area contributed by atoms with Gasteiger partial charge >= 0.3 is 20.8 Å². The van der Waals surface area contributed by atoms with Gasteiger partial charge in [0.05, 0.1) is 0 Å². The SMILES string of the molecule is O=C[C@H](NOS(=O)(=O)O)[C@@H](O)[C@H](O)[C@H](O)COOS(=O)(=O)O. The summed E-state index contributed by atoms with van der Waals surface area (Å²) in [6, 6.07) is -1.91. The second-order valence-corrected chi connectivity index (χ2v) is 5.63. The summed E-state index contributed by atoms with van der Waals surface area (Å²) < 4.78 is 64.1. The van der Waals surface area contributed by atoms with Crippen LogP contribution >= 0.6 is 0 Å². The number of rotatable bonds is 11. The number of hydroxylamine groups is 1. The van der Waals surface area contributed by atoms with E-state index < -0.39 is 51.8 Å². The Morgan fingerprint density at radius 2 is 1.55 bits per heavy atom. The molecule has 0 saturated heterocycles. The highest BCUT2D eigenvalue weighted by Crippen LogP contribution is 2.06. The molecule has 0 aromatic rings. The molecule has 0 heterocycles. The maximum atomic E-state index is 10.6. The Morgan fingerprint density at radius 3 is 1.95 bits per heavy atom. The van der Waals surface area contributed by atoms with Gasteiger partial charge in [-0.05, 0) is 0 Å². The quantitative estimate of drug-likeness (QED) is 0.0874. The third kappa shape index (κ3) is 9.27. The van der Waals surface area contributed by atoms with E-state index in [0.717, 1.165) is 0 Å². The minimum Gasteiger partial charge on any atom is -0.388 e. The average Bonchev–Trinajstić information content (AvgIpc) is 2.35. The molecule has 0 aromatic carbocycles. The number of aliphatic hydroxyl groups is 3. The van der Waals surface area contributed by atoms with E-state index in [2.05, 4.69) is 13.5 Å². The van der Waals surface area contributed by atoms with Gasteiger partial charge in [0.25, 0.3) is 0 Å². The molecule has 0 rings (SSSR count). The standard InChI is InChI=1S/C6H13NO13S2/c8-1-3(7-19-21(12,13)14)5(10)6(11)4(9)2-18-20-22(15,16)17/h1,3-7,9-11H,2H2,(H,12,13,14)(H,15,16,17)/t3-,4+,5+,6+/m0/s1. The van der Waals surface area contributed by atoms with Gasteiger partial charge in [-0.2, -0.15) is 26.6 Å². The maximum Gasteiger partial charge on any atom is 0.424 e. The summed E-state index contributed by atoms with van der Waals surface area (Å²) in [6.07, 6.45) is -6.48. The third-order valence-electron chi connectivity index (χ3n) is 1.92. The zero-order valence-corrected chi connectivity index (χ0v) is 12.0. The van der Waals surface area contributed by atoms with Gasteiger partial charge < -0.3 is 20.1 Å². The topological polar surface area (TPSA) is 226 Å². The number of carbonyl (C=O) groups excluding carboxylic acids is 1. The van der Waals surface area contributed by atoms with Crippen molar-refractivity contribution in [2.45, 2.75) is 24.4 Å². The van der Waals surface area contributed by atoms with Gasteiger partial charge in [-0.1, -0.05) is 4.33 Å². The van der Waals surface area contributed by atoms with Crippen LogP contribution in [0.25, 0.3) is 0 Å². The summed E-state index contributed by atoms with van der Waals surface area (Å²) in [5.74, 6) is 0. The summed E-state index contributed by atoms with van der Waals surface area (Å²) in [4.78, 5) is 14.4. The predicted molar refractivity (Wildman–Crippen MR) is 62.2 cm³/mol. The fraction of sp³-hybridized carbons (Fsp3) is 0.833. The molecule has 0 aromatic heterocycles. The van der Waals surface area contributed by atoms with Crippen molar-refractivity contribution < 1.29 is 59.6 Å². The fourth-order valence-corrected chi connectivity index (χ4v) is 1.40. The van der Waals surface area contributed by atoms with Crippen LogP contribution in [-0.4, -0.2) is 78.5 Å². The molecule has 14 nitrogen and oxygen atoms in total. The van der Waals surface area contributed by atoms with Crippen molar-refractivity contribution in [2.24, 2.45) is 0 Å². The van der Waals surface area contributed by atoms with Crippen molar-refractivity contribution in [3.8, 4) is 0 Å². The van der Waals surface area contributed by atoms with E-state index in [9.17, 15) is 36.9 Å². The van der Waals surface area contributed by atoms with Gasteiger partial charge in [-0.15, -0.1) is 0 Å². The zero-order chi connectivity index (χ0) is 17.6. The second kappa shape index (κ2) is 8.74. The summed E-state index contributed by atoms with van der Waals surface area (Å²) >= 11 is 0. The summed E-state index contributed by atoms with van der Waals surface area (Å²) in [6.45, 7) is -1.07. The van der Waals surface area contributed by atoms with Gasteiger partial charge in [0, 0.05) is 0 Å². The molecule has 22 heavy (non-hydrogen) atoms. The van der Waals surface area contributed by atoms with Crippen molar-refractivity contribution in [3.05, 3.63) is 0 Å². The van der Waals surface area contributed by atoms with E-state index in [1.807, 2.05) is 0 Å². The van der Waals surface area contributed by atoms with Gasteiger partial charge in [-0.3, -0.25) is 9.11 Å². The number of carbonyl (C=O) groups is 1. The summed E-state index contributed by atoms with van der Waals surface area (Å²) in [7, 11) is -9.98. The molecule has 4 atom stereocenters. The second-order valence-electron chi connectivity index (χ2n) is 3.62. The van der Waals surface area contributed by atoms with Crippen molar-refractivity contribution in [1.82, 2.24) is 5.48 Å². The molecule has 0 unspecified atom stereocenters. The molecule has 0 bridgehead atoms. The van der Waals surface area contributed by atoms with E-state index in [-0.39, 0.29) is 6.29 Å². The van der Waals surface area contributed by atoms with Crippen molar-refractivity contribution >= 4 is 27.1 Å². The van der Waals surface area contributed by atoms with E-state index in [1.165, 1.54) is 5.48 Å². The first-order valence-corrected chi connectivity index (χ1v) is 7.80. The molecule has 0 radical (unpaired) electrons. The molecule has 0 saturated carbocycles. The lowest BCUT2D eigenvalue weighted by molar-refractivity contribution is -0.237. The van der Waals surface area contributed by atoms with Crippen LogP contribution in [0.15, 0.2) is 0 Å². The lowest BCUT2D eigenvalue weighted by Gasteiger charge is -2.25. The number of nitrogens with one attached hydrogen (secondary N) is 1. The smallest absolute Gasteiger partial charge is 0.388 e. The van der Waals surface area contributed by atoms with E-state index in [4.69, 9.17) is 9.11 Å². The van der Waals surface area contributed by atoms with Crippen LogP contribution in [0.5, 0.6) is 0 Å². The first kappa shape index (κ1) is 21.2. The molecular formula is C6H13NO13S2. The number of aliphatic hydroxyl groups excluding tert-OH is 3. The van der Waals surface area contributed by atoms with Gasteiger partial charge in [-0.25, -0.2) is 4.89 Å². The van der Waals surface area contributed by atoms with E-state index >= 15 is 0 Å². The lowest BCUT2D eigenvalue weighted by Crippen LogP contribution is -2.52. The number of aldehydes is 1. The van der Waals surface area contributed by atoms with Crippen LogP contribution in [0, 0.1) is 0 Å². The largest absolute Gasteiger partial charge is 0.424 e. The summed E-state index contributed by atoms with van der Waals surface area (Å²) in [5, 5.41) is 28.2. The number of hydrogen-bond acceptors (Lipinski definition) is 12. The van der Waals surface area contributed by atoms with Crippen LogP contribution in [-0.2, 0) is 39.1 Å². The Kier molecular flexibility index (Phi) is 8.43. The molecule has 0 amide bonds. The molecule has 0 aliphatic rings. The monoisotopic (exact) mass is 371 g/mol. The third-order valence-corrected chi connectivity index (χ3v) is 2.50. The molecule has 6 N–H and O–H groups in total. The Balaban J connectivity index is 4.52. The first-order chi connectivity index (χ1) is 9.87. The molecule has 132 valence electrons. The molecule has 0 aliphatic heterocycles. The summed E-state index contributed by atoms with van der Waals surface area (Å²) in [5.41, 5.74) is 1.39. The van der Waals surface area contributed by atoms with E-state index in [0.29, 0.717) is 0 Å². The van der Waals surface area contributed by atoms with Crippen molar-refractivity contribution in [2.75, 3.05) is 6.61 Å². The van der Waals surface area contributed by atoms with E-state index in [1.54, 1.807) is 0 Å². The van der Waals surface area contributed by atoms with Gasteiger partial charge in [0.1, 0.15) is 37.2 Å². The maximum absolute atomic E-state index is 10.6. The Hall–Kier alpha value is -0.790. The molecule has 16 heteroatoms. The van der Waals surface area contributed by atoms with Gasteiger partial charge in [0.15, 0.2) is 0 Å².